The lowest BCUT2D eigenvalue weighted by molar-refractivity contribution is 0.0345. The van der Waals surface area contributed by atoms with Gasteiger partial charge in [0.2, 0.25) is 10.0 Å². The Bertz CT molecular complexity index is 821. The lowest BCUT2D eigenvalue weighted by atomic mass is 10.1. The molecule has 26 heavy (non-hydrogen) atoms. The van der Waals surface area contributed by atoms with E-state index in [0.717, 1.165) is 18.7 Å². The topological polar surface area (TPSA) is 58.6 Å². The number of hydrogen-bond acceptors (Lipinski definition) is 4. The van der Waals surface area contributed by atoms with Gasteiger partial charge in [-0.15, -0.1) is 0 Å². The summed E-state index contributed by atoms with van der Waals surface area (Å²) in [5, 5.41) is 0.560. The minimum absolute atomic E-state index is 0.0536. The highest BCUT2D eigenvalue weighted by atomic mass is 35.5. The Kier molecular flexibility index (Phi) is 6.55. The maximum Gasteiger partial charge on any atom is 0.241 e. The number of rotatable bonds is 6. The van der Waals surface area contributed by atoms with Crippen LogP contribution in [0.25, 0.3) is 0 Å². The smallest absolute Gasteiger partial charge is 0.241 e. The van der Waals surface area contributed by atoms with Crippen LogP contribution in [0.3, 0.4) is 0 Å². The molecular formula is C18H20Cl2N2O3S. The van der Waals surface area contributed by atoms with E-state index < -0.39 is 16.1 Å². The Hall–Kier alpha value is -1.15. The average molecular weight is 415 g/mol. The van der Waals surface area contributed by atoms with E-state index in [4.69, 9.17) is 27.9 Å². The van der Waals surface area contributed by atoms with Gasteiger partial charge >= 0.3 is 0 Å². The molecule has 1 heterocycles. The van der Waals surface area contributed by atoms with Crippen LogP contribution in [-0.4, -0.2) is 46.2 Å². The summed E-state index contributed by atoms with van der Waals surface area (Å²) in [4.78, 5) is 2.24. The van der Waals surface area contributed by atoms with Crippen molar-refractivity contribution in [2.75, 3.05) is 32.8 Å². The van der Waals surface area contributed by atoms with Crippen molar-refractivity contribution in [3.05, 3.63) is 64.1 Å². The van der Waals surface area contributed by atoms with Gasteiger partial charge in [-0.3, -0.25) is 4.90 Å². The summed E-state index contributed by atoms with van der Waals surface area (Å²) in [5.74, 6) is 0. The van der Waals surface area contributed by atoms with Gasteiger partial charge in [0.25, 0.3) is 0 Å². The Morgan fingerprint density at radius 2 is 1.65 bits per heavy atom. The predicted octanol–water partition coefficient (Wildman–Crippen LogP) is 3.35. The molecule has 0 spiro atoms. The van der Waals surface area contributed by atoms with Crippen LogP contribution in [0.5, 0.6) is 0 Å². The van der Waals surface area contributed by atoms with Crippen LogP contribution in [0.4, 0.5) is 0 Å². The fourth-order valence-electron chi connectivity index (χ4n) is 2.88. The van der Waals surface area contributed by atoms with Gasteiger partial charge in [0.05, 0.1) is 24.2 Å². The molecule has 0 aromatic heterocycles. The summed E-state index contributed by atoms with van der Waals surface area (Å²) in [6.07, 6.45) is 0. The summed E-state index contributed by atoms with van der Waals surface area (Å²) in [7, 11) is -3.78. The predicted molar refractivity (Wildman–Crippen MR) is 103 cm³/mol. The fourth-order valence-corrected chi connectivity index (χ4v) is 4.82. The maximum atomic E-state index is 12.9. The Morgan fingerprint density at radius 3 is 2.27 bits per heavy atom. The molecule has 1 fully saturated rings. The molecule has 8 heteroatoms. The first-order chi connectivity index (χ1) is 12.4. The zero-order valence-corrected chi connectivity index (χ0v) is 16.4. The van der Waals surface area contributed by atoms with Gasteiger partial charge in [-0.25, -0.2) is 13.1 Å². The van der Waals surface area contributed by atoms with Gasteiger partial charge in [0.1, 0.15) is 0 Å². The molecule has 1 aliphatic rings. The number of nitrogens with zero attached hydrogens (tertiary/aromatic N) is 1. The second-order valence-corrected chi connectivity index (χ2v) is 8.69. The summed E-state index contributed by atoms with van der Waals surface area (Å²) in [6.45, 7) is 3.40. The molecular weight excluding hydrogens is 395 g/mol. The van der Waals surface area contributed by atoms with Crippen LogP contribution in [0, 0.1) is 0 Å². The summed E-state index contributed by atoms with van der Waals surface area (Å²) in [5.41, 5.74) is 0.899. The molecule has 0 bridgehead atoms. The SMILES string of the molecule is O=S(=O)(N[C@H](CN1CCOCC1)c1ccccc1)c1cc(Cl)cc(Cl)c1. The number of benzene rings is 2. The molecule has 1 aliphatic heterocycles. The summed E-state index contributed by atoms with van der Waals surface area (Å²) < 4.78 is 34.0. The first-order valence-electron chi connectivity index (χ1n) is 8.27. The number of morpholine rings is 1. The Morgan fingerprint density at radius 1 is 1.04 bits per heavy atom. The number of nitrogens with one attached hydrogen (secondary N) is 1. The highest BCUT2D eigenvalue weighted by Gasteiger charge is 2.25. The Balaban J connectivity index is 1.86. The van der Waals surface area contributed by atoms with Crippen LogP contribution in [0.2, 0.25) is 10.0 Å². The van der Waals surface area contributed by atoms with E-state index in [1.54, 1.807) is 0 Å². The van der Waals surface area contributed by atoms with Crippen molar-refractivity contribution in [3.63, 3.8) is 0 Å². The number of halogens is 2. The minimum Gasteiger partial charge on any atom is -0.379 e. The van der Waals surface area contributed by atoms with Gasteiger partial charge in [-0.2, -0.15) is 0 Å². The molecule has 2 aromatic rings. The third-order valence-electron chi connectivity index (χ3n) is 4.19. The molecule has 3 rings (SSSR count). The summed E-state index contributed by atoms with van der Waals surface area (Å²) >= 11 is 11.9. The first-order valence-corrected chi connectivity index (χ1v) is 10.5. The molecule has 1 N–H and O–H groups in total. The van der Waals surface area contributed by atoms with E-state index in [1.165, 1.54) is 18.2 Å². The molecule has 0 radical (unpaired) electrons. The van der Waals surface area contributed by atoms with Gasteiger partial charge in [0, 0.05) is 29.7 Å². The van der Waals surface area contributed by atoms with Crippen LogP contribution in [-0.2, 0) is 14.8 Å². The van der Waals surface area contributed by atoms with Gasteiger partial charge in [0.15, 0.2) is 0 Å². The molecule has 2 aromatic carbocycles. The third kappa shape index (κ3) is 5.19. The molecule has 1 atom stereocenters. The zero-order valence-electron chi connectivity index (χ0n) is 14.1. The average Bonchev–Trinajstić information content (AvgIpc) is 2.62. The zero-order chi connectivity index (χ0) is 18.6. The largest absolute Gasteiger partial charge is 0.379 e. The van der Waals surface area contributed by atoms with E-state index in [9.17, 15) is 8.42 Å². The lowest BCUT2D eigenvalue weighted by Crippen LogP contribution is -2.43. The van der Waals surface area contributed by atoms with E-state index in [-0.39, 0.29) is 14.9 Å². The van der Waals surface area contributed by atoms with Gasteiger partial charge in [-0.05, 0) is 23.8 Å². The minimum atomic E-state index is -3.78. The highest BCUT2D eigenvalue weighted by Crippen LogP contribution is 2.24. The molecule has 140 valence electrons. The number of hydrogen-bond donors (Lipinski definition) is 1. The van der Waals surface area contributed by atoms with Crippen molar-refractivity contribution in [1.29, 1.82) is 0 Å². The molecule has 0 unspecified atom stereocenters. The van der Waals surface area contributed by atoms with Crippen LogP contribution >= 0.6 is 23.2 Å². The summed E-state index contributed by atoms with van der Waals surface area (Å²) in [6, 6.07) is 13.4. The van der Waals surface area contributed by atoms with Crippen LogP contribution in [0.15, 0.2) is 53.4 Å². The molecule has 0 saturated carbocycles. The van der Waals surface area contributed by atoms with E-state index in [0.29, 0.717) is 19.8 Å². The molecule has 0 amide bonds. The third-order valence-corrected chi connectivity index (χ3v) is 6.08. The second-order valence-electron chi connectivity index (χ2n) is 6.10. The van der Waals surface area contributed by atoms with Crippen LogP contribution in [0.1, 0.15) is 11.6 Å². The van der Waals surface area contributed by atoms with Crippen molar-refractivity contribution >= 4 is 33.2 Å². The van der Waals surface area contributed by atoms with Gasteiger partial charge in [-0.1, -0.05) is 53.5 Å². The Labute approximate surface area is 163 Å². The molecule has 5 nitrogen and oxygen atoms in total. The maximum absolute atomic E-state index is 12.9. The van der Waals surface area contributed by atoms with E-state index in [1.807, 2.05) is 30.3 Å². The quantitative estimate of drug-likeness (QED) is 0.786. The van der Waals surface area contributed by atoms with Crippen molar-refractivity contribution in [1.82, 2.24) is 9.62 Å². The van der Waals surface area contributed by atoms with Crippen molar-refractivity contribution in [2.45, 2.75) is 10.9 Å². The van der Waals surface area contributed by atoms with Gasteiger partial charge < -0.3 is 4.74 Å². The van der Waals surface area contributed by atoms with Crippen molar-refractivity contribution < 1.29 is 13.2 Å². The normalized spacial score (nSPS) is 17.2. The number of sulfonamides is 1. The molecule has 1 saturated heterocycles. The lowest BCUT2D eigenvalue weighted by Gasteiger charge is -2.31. The highest BCUT2D eigenvalue weighted by molar-refractivity contribution is 7.89. The number of ether oxygens (including phenoxy) is 1. The van der Waals surface area contributed by atoms with E-state index in [2.05, 4.69) is 9.62 Å². The standard InChI is InChI=1S/C18H20Cl2N2O3S/c19-15-10-16(20)12-17(11-15)26(23,24)21-18(14-4-2-1-3-5-14)13-22-6-8-25-9-7-22/h1-5,10-12,18,21H,6-9,13H2/t18-/m1/s1. The molecule has 0 aliphatic carbocycles. The van der Waals surface area contributed by atoms with Crippen molar-refractivity contribution in [2.24, 2.45) is 0 Å². The fraction of sp³-hybridized carbons (Fsp3) is 0.333. The van der Waals surface area contributed by atoms with Crippen LogP contribution < -0.4 is 4.72 Å². The second kappa shape index (κ2) is 8.69. The first kappa shape index (κ1) is 19.6. The van der Waals surface area contributed by atoms with Crippen molar-refractivity contribution in [3.8, 4) is 0 Å². The monoisotopic (exact) mass is 414 g/mol. The van der Waals surface area contributed by atoms with E-state index >= 15 is 0 Å².